The molecule has 0 radical (unpaired) electrons. The van der Waals surface area contributed by atoms with E-state index in [1.807, 2.05) is 0 Å². The van der Waals surface area contributed by atoms with Crippen LogP contribution in [-0.2, 0) is 11.2 Å². The van der Waals surface area contributed by atoms with E-state index in [9.17, 15) is 4.79 Å². The van der Waals surface area contributed by atoms with Crippen LogP contribution in [0.3, 0.4) is 0 Å². The van der Waals surface area contributed by atoms with E-state index in [1.165, 1.54) is 43.8 Å². The zero-order valence-electron chi connectivity index (χ0n) is 15.5. The minimum absolute atomic E-state index is 0.159. The van der Waals surface area contributed by atoms with Crippen LogP contribution in [0.15, 0.2) is 29.2 Å². The summed E-state index contributed by atoms with van der Waals surface area (Å²) in [4.78, 5) is 18.7. The average molecular weight is 362 g/mol. The lowest BCUT2D eigenvalue weighted by Gasteiger charge is -2.41. The fourth-order valence-electron chi connectivity index (χ4n) is 4.02. The molecule has 1 amide bonds. The van der Waals surface area contributed by atoms with Crippen LogP contribution in [0.2, 0.25) is 0 Å². The standard InChI is InChI=1S/C20H31N3OS/c1-22-12-9-18(10-13-22)23-11-3-4-17(15-23)21-20(24)14-16-5-7-19(25-2)8-6-16/h5-8,17-18H,3-4,9-15H2,1-2H3,(H,21,24)/t17-/m1/s1. The van der Waals surface area contributed by atoms with Crippen LogP contribution in [-0.4, -0.2) is 67.3 Å². The molecule has 2 fully saturated rings. The molecule has 0 saturated carbocycles. The zero-order valence-corrected chi connectivity index (χ0v) is 16.4. The van der Waals surface area contributed by atoms with Gasteiger partial charge >= 0.3 is 0 Å². The summed E-state index contributed by atoms with van der Waals surface area (Å²) < 4.78 is 0. The highest BCUT2D eigenvalue weighted by Crippen LogP contribution is 2.21. The number of likely N-dealkylation sites (tertiary alicyclic amines) is 2. The second-order valence-electron chi connectivity index (χ2n) is 7.46. The molecule has 1 aromatic carbocycles. The number of amides is 1. The number of thioether (sulfide) groups is 1. The third kappa shape index (κ3) is 5.47. The van der Waals surface area contributed by atoms with Crippen LogP contribution < -0.4 is 5.32 Å². The molecule has 2 heterocycles. The first kappa shape index (κ1) is 18.7. The van der Waals surface area contributed by atoms with Crippen molar-refractivity contribution in [2.75, 3.05) is 39.5 Å². The first-order valence-corrected chi connectivity index (χ1v) is 10.7. The van der Waals surface area contributed by atoms with Crippen molar-refractivity contribution in [3.05, 3.63) is 29.8 Å². The molecule has 2 aliphatic rings. The number of benzene rings is 1. The fraction of sp³-hybridized carbons (Fsp3) is 0.650. The molecule has 5 heteroatoms. The van der Waals surface area contributed by atoms with E-state index < -0.39 is 0 Å². The number of hydrogen-bond acceptors (Lipinski definition) is 4. The summed E-state index contributed by atoms with van der Waals surface area (Å²) in [6.07, 6.45) is 7.39. The van der Waals surface area contributed by atoms with E-state index in [2.05, 4.69) is 52.7 Å². The molecule has 0 unspecified atom stereocenters. The Bertz CT molecular complexity index is 555. The van der Waals surface area contributed by atoms with Crippen molar-refractivity contribution < 1.29 is 4.79 Å². The van der Waals surface area contributed by atoms with Crippen LogP contribution in [0.25, 0.3) is 0 Å². The number of piperidine rings is 2. The van der Waals surface area contributed by atoms with Gasteiger partial charge in [-0.05, 0) is 76.3 Å². The SMILES string of the molecule is CSc1ccc(CC(=O)N[C@@H]2CCCN(C3CCN(C)CC3)C2)cc1. The van der Waals surface area contributed by atoms with Gasteiger partial charge in [-0.3, -0.25) is 9.69 Å². The summed E-state index contributed by atoms with van der Waals surface area (Å²) in [6.45, 7) is 4.61. The lowest BCUT2D eigenvalue weighted by atomic mass is 9.98. The molecular formula is C20H31N3OS. The Morgan fingerprint density at radius 1 is 1.16 bits per heavy atom. The Morgan fingerprint density at radius 2 is 1.88 bits per heavy atom. The third-order valence-corrected chi connectivity index (χ3v) is 6.29. The monoisotopic (exact) mass is 361 g/mol. The first-order valence-electron chi connectivity index (χ1n) is 9.49. The summed E-state index contributed by atoms with van der Waals surface area (Å²) >= 11 is 1.73. The molecule has 1 aromatic rings. The molecule has 0 aliphatic carbocycles. The molecule has 3 rings (SSSR count). The normalized spacial score (nSPS) is 23.5. The molecule has 138 valence electrons. The highest BCUT2D eigenvalue weighted by molar-refractivity contribution is 7.98. The lowest BCUT2D eigenvalue weighted by molar-refractivity contribution is -0.121. The summed E-state index contributed by atoms with van der Waals surface area (Å²) in [5.41, 5.74) is 1.10. The number of carbonyl (C=O) groups excluding carboxylic acids is 1. The molecule has 2 aliphatic heterocycles. The minimum atomic E-state index is 0.159. The molecule has 2 saturated heterocycles. The van der Waals surface area contributed by atoms with Crippen LogP contribution in [0.4, 0.5) is 0 Å². The Labute approximate surface area is 156 Å². The summed E-state index contributed by atoms with van der Waals surface area (Å²) in [7, 11) is 2.21. The second kappa shape index (κ2) is 9.06. The van der Waals surface area contributed by atoms with E-state index in [0.29, 0.717) is 18.5 Å². The van der Waals surface area contributed by atoms with Gasteiger partial charge in [0.2, 0.25) is 5.91 Å². The zero-order chi connectivity index (χ0) is 17.6. The highest BCUT2D eigenvalue weighted by atomic mass is 32.2. The van der Waals surface area contributed by atoms with E-state index in [0.717, 1.165) is 18.5 Å². The molecule has 1 N–H and O–H groups in total. The van der Waals surface area contributed by atoms with Gasteiger partial charge in [-0.15, -0.1) is 11.8 Å². The Balaban J connectivity index is 1.47. The van der Waals surface area contributed by atoms with Crippen molar-refractivity contribution in [1.82, 2.24) is 15.1 Å². The summed E-state index contributed by atoms with van der Waals surface area (Å²) in [6, 6.07) is 9.33. The lowest BCUT2D eigenvalue weighted by Crippen LogP contribution is -2.53. The third-order valence-electron chi connectivity index (χ3n) is 5.55. The minimum Gasteiger partial charge on any atom is -0.352 e. The van der Waals surface area contributed by atoms with Gasteiger partial charge in [-0.2, -0.15) is 0 Å². The van der Waals surface area contributed by atoms with Gasteiger partial charge in [0.25, 0.3) is 0 Å². The average Bonchev–Trinajstić information content (AvgIpc) is 2.63. The highest BCUT2D eigenvalue weighted by Gasteiger charge is 2.28. The largest absolute Gasteiger partial charge is 0.352 e. The van der Waals surface area contributed by atoms with Crippen LogP contribution in [0.5, 0.6) is 0 Å². The molecule has 25 heavy (non-hydrogen) atoms. The van der Waals surface area contributed by atoms with Gasteiger partial charge in [0, 0.05) is 23.5 Å². The van der Waals surface area contributed by atoms with Crippen LogP contribution in [0.1, 0.15) is 31.2 Å². The summed E-state index contributed by atoms with van der Waals surface area (Å²) in [5.74, 6) is 0.159. The maximum absolute atomic E-state index is 12.4. The van der Waals surface area contributed by atoms with E-state index in [4.69, 9.17) is 0 Å². The van der Waals surface area contributed by atoms with Crippen molar-refractivity contribution in [3.63, 3.8) is 0 Å². The predicted octanol–water partition coefficient (Wildman–Crippen LogP) is 2.63. The van der Waals surface area contributed by atoms with Crippen molar-refractivity contribution >= 4 is 17.7 Å². The van der Waals surface area contributed by atoms with Crippen LogP contribution in [0, 0.1) is 0 Å². The Kier molecular flexibility index (Phi) is 6.79. The fourth-order valence-corrected chi connectivity index (χ4v) is 4.43. The Morgan fingerprint density at radius 3 is 2.56 bits per heavy atom. The number of carbonyl (C=O) groups is 1. The number of hydrogen-bond donors (Lipinski definition) is 1. The van der Waals surface area contributed by atoms with Crippen molar-refractivity contribution in [3.8, 4) is 0 Å². The molecule has 0 spiro atoms. The smallest absolute Gasteiger partial charge is 0.224 e. The molecular weight excluding hydrogens is 330 g/mol. The molecule has 4 nitrogen and oxygen atoms in total. The van der Waals surface area contributed by atoms with Crippen LogP contribution >= 0.6 is 11.8 Å². The van der Waals surface area contributed by atoms with Gasteiger partial charge in [-0.1, -0.05) is 12.1 Å². The predicted molar refractivity (Wildman–Crippen MR) is 105 cm³/mol. The van der Waals surface area contributed by atoms with E-state index >= 15 is 0 Å². The van der Waals surface area contributed by atoms with Crippen molar-refractivity contribution in [2.24, 2.45) is 0 Å². The summed E-state index contributed by atoms with van der Waals surface area (Å²) in [5, 5.41) is 3.28. The Hall–Kier alpha value is -1.04. The molecule has 1 atom stereocenters. The van der Waals surface area contributed by atoms with E-state index in [-0.39, 0.29) is 5.91 Å². The van der Waals surface area contributed by atoms with Gasteiger partial charge in [-0.25, -0.2) is 0 Å². The number of nitrogens with one attached hydrogen (secondary N) is 1. The van der Waals surface area contributed by atoms with E-state index in [1.54, 1.807) is 11.8 Å². The molecule has 0 bridgehead atoms. The topological polar surface area (TPSA) is 35.6 Å². The van der Waals surface area contributed by atoms with Gasteiger partial charge in [0.1, 0.15) is 0 Å². The van der Waals surface area contributed by atoms with Gasteiger partial charge < -0.3 is 10.2 Å². The number of nitrogens with zero attached hydrogens (tertiary/aromatic N) is 2. The number of rotatable bonds is 5. The quantitative estimate of drug-likeness (QED) is 0.818. The molecule has 0 aromatic heterocycles. The van der Waals surface area contributed by atoms with Gasteiger partial charge in [0.15, 0.2) is 0 Å². The second-order valence-corrected chi connectivity index (χ2v) is 8.34. The first-order chi connectivity index (χ1) is 12.1. The van der Waals surface area contributed by atoms with Gasteiger partial charge in [0.05, 0.1) is 6.42 Å². The maximum atomic E-state index is 12.4. The maximum Gasteiger partial charge on any atom is 0.224 e. The van der Waals surface area contributed by atoms with Crippen molar-refractivity contribution in [1.29, 1.82) is 0 Å². The van der Waals surface area contributed by atoms with Crippen molar-refractivity contribution in [2.45, 2.75) is 49.1 Å².